The maximum absolute atomic E-state index is 5.91. The smallest absolute Gasteiger partial charge is 0.119 e. The van der Waals surface area contributed by atoms with Gasteiger partial charge < -0.3 is 28.4 Å². The molecule has 8 nitrogen and oxygen atoms in total. The Labute approximate surface area is 247 Å². The lowest BCUT2D eigenvalue weighted by molar-refractivity contribution is 0.0328. The highest BCUT2D eigenvalue weighted by Crippen LogP contribution is 2.24. The maximum atomic E-state index is 5.91. The van der Waals surface area contributed by atoms with Crippen molar-refractivity contribution in [3.8, 4) is 17.2 Å². The van der Waals surface area contributed by atoms with Gasteiger partial charge >= 0.3 is 0 Å². The number of hydrogen-bond acceptors (Lipinski definition) is 7. The number of rotatable bonds is 15. The summed E-state index contributed by atoms with van der Waals surface area (Å²) in [7, 11) is 3.35. The van der Waals surface area contributed by atoms with E-state index in [1.807, 2.05) is 65.8 Å². The molecule has 2 heterocycles. The third-order valence-corrected chi connectivity index (χ3v) is 6.78. The van der Waals surface area contributed by atoms with Gasteiger partial charge in [-0.05, 0) is 65.2 Å². The molecule has 5 rings (SSSR count). The molecule has 0 aliphatic carbocycles. The Morgan fingerprint density at radius 2 is 1.36 bits per heavy atom. The predicted molar refractivity (Wildman–Crippen MR) is 163 cm³/mol. The lowest BCUT2D eigenvalue weighted by Crippen LogP contribution is -2.22. The van der Waals surface area contributed by atoms with Crippen molar-refractivity contribution in [1.82, 2.24) is 14.5 Å². The number of ether oxygens (including phenoxy) is 4. The van der Waals surface area contributed by atoms with Gasteiger partial charge in [-0.2, -0.15) is 0 Å². The third kappa shape index (κ3) is 8.19. The van der Waals surface area contributed by atoms with E-state index in [-0.39, 0.29) is 0 Å². The maximum Gasteiger partial charge on any atom is 0.119 e. The second-order valence-electron chi connectivity index (χ2n) is 9.81. The van der Waals surface area contributed by atoms with Crippen LogP contribution in [0.2, 0.25) is 0 Å². The summed E-state index contributed by atoms with van der Waals surface area (Å²) in [5, 5.41) is 0. The molecule has 8 heteroatoms. The number of benzene rings is 3. The molecule has 0 fully saturated rings. The molecule has 0 atom stereocenters. The molecule has 216 valence electrons. The van der Waals surface area contributed by atoms with E-state index in [1.54, 1.807) is 20.4 Å². The van der Waals surface area contributed by atoms with Gasteiger partial charge in [0.05, 0.1) is 52.7 Å². The molecular weight excluding hydrogens is 528 g/mol. The summed E-state index contributed by atoms with van der Waals surface area (Å²) in [6, 6.07) is 28.7. The number of anilines is 1. The zero-order valence-electron chi connectivity index (χ0n) is 24.1. The molecule has 5 aromatic rings. The summed E-state index contributed by atoms with van der Waals surface area (Å²) in [4.78, 5) is 11.1. The first kappa shape index (κ1) is 28.9. The van der Waals surface area contributed by atoms with E-state index >= 15 is 0 Å². The van der Waals surface area contributed by atoms with Gasteiger partial charge in [-0.15, -0.1) is 0 Å². The van der Waals surface area contributed by atoms with Gasteiger partial charge in [0.2, 0.25) is 0 Å². The normalized spacial score (nSPS) is 10.9. The van der Waals surface area contributed by atoms with E-state index in [2.05, 4.69) is 57.3 Å². The topological polar surface area (TPSA) is 70.9 Å². The molecule has 0 bridgehead atoms. The van der Waals surface area contributed by atoms with E-state index in [9.17, 15) is 0 Å². The second kappa shape index (κ2) is 14.8. The van der Waals surface area contributed by atoms with Gasteiger partial charge in [0.15, 0.2) is 0 Å². The summed E-state index contributed by atoms with van der Waals surface area (Å²) in [5.41, 5.74) is 6.41. The van der Waals surface area contributed by atoms with Gasteiger partial charge in [0, 0.05) is 43.1 Å². The van der Waals surface area contributed by atoms with Crippen LogP contribution in [0.5, 0.6) is 11.5 Å². The Bertz CT molecular complexity index is 1540. The minimum absolute atomic E-state index is 0.402. The summed E-state index contributed by atoms with van der Waals surface area (Å²) < 4.78 is 24.4. The van der Waals surface area contributed by atoms with E-state index in [1.165, 1.54) is 5.56 Å². The van der Waals surface area contributed by atoms with Crippen molar-refractivity contribution >= 4 is 5.69 Å². The van der Waals surface area contributed by atoms with Crippen LogP contribution in [0.25, 0.3) is 5.69 Å². The fraction of sp³-hybridized carbons (Fsp3) is 0.235. The van der Waals surface area contributed by atoms with E-state index in [0.717, 1.165) is 39.7 Å². The number of hydrogen-bond donors (Lipinski definition) is 0. The number of nitrogens with zero attached hydrogens (tertiary/aromatic N) is 4. The molecule has 3 aromatic carbocycles. The molecule has 0 aliphatic rings. The Balaban J connectivity index is 1.24. The first-order valence-corrected chi connectivity index (χ1v) is 13.9. The first-order chi connectivity index (χ1) is 20.7. The van der Waals surface area contributed by atoms with Crippen molar-refractivity contribution in [3.63, 3.8) is 0 Å². The average molecular weight is 565 g/mol. The summed E-state index contributed by atoms with van der Waals surface area (Å²) in [5.74, 6) is 1.66. The third-order valence-electron chi connectivity index (χ3n) is 6.78. The lowest BCUT2D eigenvalue weighted by Gasteiger charge is -2.26. The van der Waals surface area contributed by atoms with Crippen LogP contribution < -0.4 is 14.4 Å². The number of methoxy groups -OCH3 is 2. The quantitative estimate of drug-likeness (QED) is 0.140. The molecule has 0 aliphatic heterocycles. The van der Waals surface area contributed by atoms with Crippen LogP contribution >= 0.6 is 0 Å². The van der Waals surface area contributed by atoms with Crippen molar-refractivity contribution < 1.29 is 18.9 Å². The highest BCUT2D eigenvalue weighted by molar-refractivity contribution is 5.49. The summed E-state index contributed by atoms with van der Waals surface area (Å²) in [6.45, 7) is 3.29. The van der Waals surface area contributed by atoms with Crippen molar-refractivity contribution in [2.24, 2.45) is 0 Å². The molecule has 0 saturated carbocycles. The molecule has 42 heavy (non-hydrogen) atoms. The molecule has 0 saturated heterocycles. The number of pyridine rings is 1. The first-order valence-electron chi connectivity index (χ1n) is 13.9. The standard InChI is InChI=1S/C34H36N4O4/c1-39-33-10-4-7-28(19-33)23-38(22-27-6-3-9-31(18-27)37-15-14-35-26-37)32-12-13-36-30(21-32)25-42-17-16-41-24-29-8-5-11-34(20-29)40-2/h3-15,18-21,26H,16-17,22-25H2,1-2H3. The van der Waals surface area contributed by atoms with E-state index in [4.69, 9.17) is 18.9 Å². The molecule has 2 aromatic heterocycles. The Hall–Kier alpha value is -4.66. The van der Waals surface area contributed by atoms with E-state index < -0.39 is 0 Å². The molecule has 0 amide bonds. The van der Waals surface area contributed by atoms with Gasteiger partial charge in [-0.25, -0.2) is 4.98 Å². The highest BCUT2D eigenvalue weighted by Gasteiger charge is 2.12. The van der Waals surface area contributed by atoms with Gasteiger partial charge in [-0.1, -0.05) is 36.4 Å². The minimum Gasteiger partial charge on any atom is -0.497 e. The van der Waals surface area contributed by atoms with Crippen LogP contribution in [-0.2, 0) is 35.8 Å². The molecule has 0 unspecified atom stereocenters. The average Bonchev–Trinajstić information content (AvgIpc) is 3.58. The summed E-state index contributed by atoms with van der Waals surface area (Å²) >= 11 is 0. The highest BCUT2D eigenvalue weighted by atomic mass is 16.5. The number of aromatic nitrogens is 3. The minimum atomic E-state index is 0.402. The zero-order chi connectivity index (χ0) is 29.0. The van der Waals surface area contributed by atoms with Crippen molar-refractivity contribution in [2.45, 2.75) is 26.3 Å². The van der Waals surface area contributed by atoms with Crippen LogP contribution in [0.4, 0.5) is 5.69 Å². The molecular formula is C34H36N4O4. The second-order valence-corrected chi connectivity index (χ2v) is 9.81. The Morgan fingerprint density at radius 3 is 2.07 bits per heavy atom. The van der Waals surface area contributed by atoms with Crippen LogP contribution in [0, 0.1) is 0 Å². The lowest BCUT2D eigenvalue weighted by atomic mass is 10.1. The van der Waals surface area contributed by atoms with Crippen molar-refractivity contribution in [3.05, 3.63) is 132 Å². The predicted octanol–water partition coefficient (Wildman–Crippen LogP) is 6.22. The van der Waals surface area contributed by atoms with Crippen LogP contribution in [0.15, 0.2) is 110 Å². The molecule has 0 spiro atoms. The fourth-order valence-electron chi connectivity index (χ4n) is 4.67. The Morgan fingerprint density at radius 1 is 0.690 bits per heavy atom. The molecule has 0 N–H and O–H groups in total. The fourth-order valence-corrected chi connectivity index (χ4v) is 4.67. The van der Waals surface area contributed by atoms with E-state index in [0.29, 0.717) is 39.5 Å². The SMILES string of the molecule is COc1cccc(COCCOCc2cc(N(Cc3cccc(OC)c3)Cc3cccc(-n4ccnc4)c3)ccn2)c1. The number of imidazole rings is 1. The van der Waals surface area contributed by atoms with Crippen molar-refractivity contribution in [2.75, 3.05) is 32.3 Å². The van der Waals surface area contributed by atoms with Crippen LogP contribution in [0.1, 0.15) is 22.4 Å². The Kier molecular flexibility index (Phi) is 10.2. The monoisotopic (exact) mass is 564 g/mol. The zero-order valence-corrected chi connectivity index (χ0v) is 24.1. The van der Waals surface area contributed by atoms with Gasteiger partial charge in [0.25, 0.3) is 0 Å². The summed E-state index contributed by atoms with van der Waals surface area (Å²) in [6.07, 6.45) is 7.39. The largest absolute Gasteiger partial charge is 0.497 e. The van der Waals surface area contributed by atoms with Crippen LogP contribution in [0.3, 0.4) is 0 Å². The van der Waals surface area contributed by atoms with Gasteiger partial charge in [0.1, 0.15) is 11.5 Å². The van der Waals surface area contributed by atoms with Crippen LogP contribution in [-0.4, -0.2) is 42.0 Å². The van der Waals surface area contributed by atoms with Gasteiger partial charge in [-0.3, -0.25) is 4.98 Å². The molecule has 0 radical (unpaired) electrons. The van der Waals surface area contributed by atoms with Crippen molar-refractivity contribution in [1.29, 1.82) is 0 Å².